The first-order valence-corrected chi connectivity index (χ1v) is 16.5. The van der Waals surface area contributed by atoms with Gasteiger partial charge in [-0.05, 0) is 80.9 Å². The van der Waals surface area contributed by atoms with Gasteiger partial charge in [-0.3, -0.25) is 0 Å². The van der Waals surface area contributed by atoms with Gasteiger partial charge in [-0.25, -0.2) is 0 Å². The van der Waals surface area contributed by atoms with Crippen molar-refractivity contribution in [2.75, 3.05) is 4.90 Å². The molecule has 0 saturated heterocycles. The zero-order valence-electron chi connectivity index (χ0n) is 25.1. The van der Waals surface area contributed by atoms with Crippen molar-refractivity contribution in [2.24, 2.45) is 0 Å². The fourth-order valence-corrected chi connectivity index (χ4v) is 8.18. The van der Waals surface area contributed by atoms with Gasteiger partial charge < -0.3 is 4.90 Å². The van der Waals surface area contributed by atoms with Gasteiger partial charge in [0.05, 0.1) is 5.69 Å². The summed E-state index contributed by atoms with van der Waals surface area (Å²) in [6.45, 7) is 0. The summed E-state index contributed by atoms with van der Waals surface area (Å²) >= 11 is 1.90. The first-order chi connectivity index (χ1) is 22.8. The van der Waals surface area contributed by atoms with Crippen LogP contribution in [0.1, 0.15) is 0 Å². The summed E-state index contributed by atoms with van der Waals surface area (Å²) < 4.78 is 2.64. The molecule has 0 amide bonds. The molecule has 0 unspecified atom stereocenters. The van der Waals surface area contributed by atoms with E-state index in [1.807, 2.05) is 11.3 Å². The van der Waals surface area contributed by atoms with Crippen LogP contribution in [0.3, 0.4) is 0 Å². The number of fused-ring (bicyclic) bond motifs is 6. The molecule has 0 atom stereocenters. The second-order valence-electron chi connectivity index (χ2n) is 11.7. The predicted molar refractivity (Wildman–Crippen MR) is 200 cm³/mol. The van der Waals surface area contributed by atoms with E-state index >= 15 is 0 Å². The lowest BCUT2D eigenvalue weighted by molar-refractivity contribution is 1.30. The van der Waals surface area contributed by atoms with Crippen molar-refractivity contribution in [3.63, 3.8) is 0 Å². The number of nitrogens with zero attached hydrogens (tertiary/aromatic N) is 1. The van der Waals surface area contributed by atoms with E-state index in [0.29, 0.717) is 0 Å². The van der Waals surface area contributed by atoms with Gasteiger partial charge >= 0.3 is 0 Å². The Morgan fingerprint density at radius 1 is 0.391 bits per heavy atom. The Labute approximate surface area is 272 Å². The number of thiophene rings is 1. The smallest absolute Gasteiger partial charge is 0.0540 e. The molecule has 9 rings (SSSR count). The van der Waals surface area contributed by atoms with Crippen LogP contribution in [0, 0.1) is 0 Å². The van der Waals surface area contributed by atoms with Crippen LogP contribution in [0.25, 0.3) is 64.0 Å². The van der Waals surface area contributed by atoms with Gasteiger partial charge in [0.15, 0.2) is 0 Å². The highest BCUT2D eigenvalue weighted by atomic mass is 32.1. The number of para-hydroxylation sites is 1. The summed E-state index contributed by atoms with van der Waals surface area (Å²) in [5, 5.41) is 7.65. The van der Waals surface area contributed by atoms with Gasteiger partial charge in [-0.2, -0.15) is 0 Å². The molecule has 0 aliphatic rings. The Kier molecular flexibility index (Phi) is 6.40. The molecule has 0 spiro atoms. The van der Waals surface area contributed by atoms with Crippen LogP contribution in [0.2, 0.25) is 0 Å². The SMILES string of the molecule is c1ccc(-c2ccc(N(c3ccccc3)c3ccc4sc5c6ccccc6cc(-c6ccccc6)c5c4c3)c3ccccc23)cc1. The Morgan fingerprint density at radius 2 is 1.00 bits per heavy atom. The number of rotatable bonds is 5. The van der Waals surface area contributed by atoms with Crippen molar-refractivity contribution < 1.29 is 0 Å². The molecule has 0 aliphatic carbocycles. The third-order valence-corrected chi connectivity index (χ3v) is 10.2. The fraction of sp³-hybridized carbons (Fsp3) is 0. The molecule has 0 bridgehead atoms. The molecule has 1 nitrogen and oxygen atoms in total. The Balaban J connectivity index is 1.33. The average molecular weight is 604 g/mol. The molecular formula is C44H29NS. The quantitative estimate of drug-likeness (QED) is 0.189. The molecule has 0 aliphatic heterocycles. The Bertz CT molecular complexity index is 2510. The topological polar surface area (TPSA) is 3.24 Å². The molecule has 8 aromatic carbocycles. The minimum Gasteiger partial charge on any atom is -0.310 e. The van der Waals surface area contributed by atoms with E-state index in [0.717, 1.165) is 17.1 Å². The highest BCUT2D eigenvalue weighted by Gasteiger charge is 2.20. The molecule has 2 heteroatoms. The van der Waals surface area contributed by atoms with Gasteiger partial charge in [-0.15, -0.1) is 11.3 Å². The Morgan fingerprint density at radius 3 is 1.74 bits per heavy atom. The fourth-order valence-electron chi connectivity index (χ4n) is 6.94. The zero-order chi connectivity index (χ0) is 30.5. The van der Waals surface area contributed by atoms with Crippen molar-refractivity contribution in [1.82, 2.24) is 0 Å². The van der Waals surface area contributed by atoms with E-state index in [1.54, 1.807) is 0 Å². The van der Waals surface area contributed by atoms with Gasteiger partial charge in [0, 0.05) is 36.9 Å². The highest BCUT2D eigenvalue weighted by molar-refractivity contribution is 7.26. The second kappa shape index (κ2) is 11.0. The third-order valence-electron chi connectivity index (χ3n) is 9.03. The van der Waals surface area contributed by atoms with E-state index in [9.17, 15) is 0 Å². The van der Waals surface area contributed by atoms with Gasteiger partial charge in [-0.1, -0.05) is 133 Å². The standard InChI is InChI=1S/C44H29NS/c1-4-14-30(15-5-1)35-25-26-41(38-23-13-12-22-37(35)38)45(33-19-8-3-9-20-33)34-24-27-42-40(29-34)43-39(31-16-6-2-7-17-31)28-32-18-10-11-21-36(32)44(43)46-42/h1-29H. The van der Waals surface area contributed by atoms with Crippen LogP contribution in [-0.4, -0.2) is 0 Å². The monoisotopic (exact) mass is 603 g/mol. The van der Waals surface area contributed by atoms with E-state index < -0.39 is 0 Å². The van der Waals surface area contributed by atoms with Gasteiger partial charge in [0.2, 0.25) is 0 Å². The molecule has 1 aromatic heterocycles. The maximum absolute atomic E-state index is 2.42. The van der Waals surface area contributed by atoms with Crippen molar-refractivity contribution in [3.8, 4) is 22.3 Å². The van der Waals surface area contributed by atoms with E-state index in [-0.39, 0.29) is 0 Å². The van der Waals surface area contributed by atoms with Crippen molar-refractivity contribution in [1.29, 1.82) is 0 Å². The number of benzene rings is 8. The Hall–Kier alpha value is -5.70. The molecule has 9 aromatic rings. The summed E-state index contributed by atoms with van der Waals surface area (Å²) in [5.41, 5.74) is 8.42. The van der Waals surface area contributed by atoms with Crippen LogP contribution < -0.4 is 4.90 Å². The van der Waals surface area contributed by atoms with Crippen molar-refractivity contribution in [2.45, 2.75) is 0 Å². The molecule has 0 radical (unpaired) electrons. The lowest BCUT2D eigenvalue weighted by atomic mass is 9.95. The molecule has 216 valence electrons. The zero-order valence-corrected chi connectivity index (χ0v) is 25.9. The average Bonchev–Trinajstić information content (AvgIpc) is 3.52. The lowest BCUT2D eigenvalue weighted by Crippen LogP contribution is -2.10. The molecule has 0 saturated carbocycles. The summed E-state index contributed by atoms with van der Waals surface area (Å²) in [5.74, 6) is 0. The van der Waals surface area contributed by atoms with Gasteiger partial charge in [0.25, 0.3) is 0 Å². The van der Waals surface area contributed by atoms with Crippen LogP contribution in [0.5, 0.6) is 0 Å². The predicted octanol–water partition coefficient (Wildman–Crippen LogP) is 13.2. The summed E-state index contributed by atoms with van der Waals surface area (Å²) in [4.78, 5) is 2.42. The van der Waals surface area contributed by atoms with E-state index in [4.69, 9.17) is 0 Å². The summed E-state index contributed by atoms with van der Waals surface area (Å²) in [6.07, 6.45) is 0. The van der Waals surface area contributed by atoms with E-state index in [2.05, 4.69) is 181 Å². The molecule has 46 heavy (non-hydrogen) atoms. The highest BCUT2D eigenvalue weighted by Crippen LogP contribution is 2.47. The van der Waals surface area contributed by atoms with Crippen LogP contribution >= 0.6 is 11.3 Å². The first kappa shape index (κ1) is 26.7. The number of anilines is 3. The van der Waals surface area contributed by atoms with Crippen LogP contribution in [0.4, 0.5) is 17.1 Å². The first-order valence-electron chi connectivity index (χ1n) is 15.7. The number of hydrogen-bond donors (Lipinski definition) is 0. The minimum atomic E-state index is 1.13. The minimum absolute atomic E-state index is 1.13. The second-order valence-corrected chi connectivity index (χ2v) is 12.8. The summed E-state index contributed by atoms with van der Waals surface area (Å²) in [7, 11) is 0. The maximum atomic E-state index is 2.42. The largest absolute Gasteiger partial charge is 0.310 e. The van der Waals surface area contributed by atoms with Crippen molar-refractivity contribution in [3.05, 3.63) is 176 Å². The van der Waals surface area contributed by atoms with Gasteiger partial charge in [0.1, 0.15) is 0 Å². The molecule has 1 heterocycles. The van der Waals surface area contributed by atoms with Crippen LogP contribution in [0.15, 0.2) is 176 Å². The molecular weight excluding hydrogens is 575 g/mol. The van der Waals surface area contributed by atoms with Crippen molar-refractivity contribution >= 4 is 70.1 Å². The maximum Gasteiger partial charge on any atom is 0.0540 e. The van der Waals surface area contributed by atoms with Crippen LogP contribution in [-0.2, 0) is 0 Å². The lowest BCUT2D eigenvalue weighted by Gasteiger charge is -2.27. The van der Waals surface area contributed by atoms with E-state index in [1.165, 1.54) is 64.0 Å². The normalized spacial score (nSPS) is 11.5. The number of hydrogen-bond acceptors (Lipinski definition) is 2. The molecule has 0 N–H and O–H groups in total. The summed E-state index contributed by atoms with van der Waals surface area (Å²) in [6, 6.07) is 63.8. The third kappa shape index (κ3) is 4.38. The molecule has 0 fully saturated rings.